The van der Waals surface area contributed by atoms with Crippen LogP contribution in [0.15, 0.2) is 116 Å². The van der Waals surface area contributed by atoms with Gasteiger partial charge in [0.25, 0.3) is 5.91 Å². The smallest absolute Gasteiger partial charge is 0.341 e. The van der Waals surface area contributed by atoms with Crippen molar-refractivity contribution in [2.75, 3.05) is 38.5 Å². The minimum absolute atomic E-state index is 0.0359. The van der Waals surface area contributed by atoms with Gasteiger partial charge in [0.15, 0.2) is 0 Å². The van der Waals surface area contributed by atoms with Crippen molar-refractivity contribution in [3.63, 3.8) is 0 Å². The zero-order valence-corrected chi connectivity index (χ0v) is 44.5. The number of carbonyl (C=O) groups is 4. The molecule has 0 aliphatic rings. The lowest BCUT2D eigenvalue weighted by Crippen LogP contribution is -2.26. The summed E-state index contributed by atoms with van der Waals surface area (Å²) in [6, 6.07) is 22.6. The molecule has 0 unspecified atom stereocenters. The van der Waals surface area contributed by atoms with Gasteiger partial charge in [0, 0.05) is 44.7 Å². The van der Waals surface area contributed by atoms with Gasteiger partial charge >= 0.3 is 17.9 Å². The quantitative estimate of drug-likeness (QED) is 0.0983. The van der Waals surface area contributed by atoms with Crippen LogP contribution in [-0.2, 0) is 34.1 Å². The van der Waals surface area contributed by atoms with Gasteiger partial charge in [0.1, 0.15) is 39.7 Å². The second-order valence-corrected chi connectivity index (χ2v) is 12.9. The van der Waals surface area contributed by atoms with E-state index >= 15 is 0 Å². The Bertz CT molecular complexity index is 2140. The first-order valence-electron chi connectivity index (χ1n) is 22.6. The summed E-state index contributed by atoms with van der Waals surface area (Å²) < 4.78 is 29.3. The van der Waals surface area contributed by atoms with Crippen LogP contribution in [0.3, 0.4) is 0 Å². The fourth-order valence-corrected chi connectivity index (χ4v) is 5.62. The number of ether oxygens (including phenoxy) is 2. The standard InChI is InChI=1S/C15H17NO2.C8H11N.C8H10O3.C7H7BrO3.C7H8O3.4C2H6/c1-4-14-13(8-9-18-14)15(17)16(3)12-7-5-6-11(2)10-12;1-7-4-3-5-8(6-7)9-2;1-3-7-6(4-5-11-7)8(9)10-2;1-10-7(9)5-2-3-11-6(5)4-8;1-2-6-5(7(8)9)3-4-10-6;4*1-2/h5-10H,4H2,1-3H3;3-6,9H,1-2H3;4-5H,3H2,1-2H3;2-3H,4H2,1H3;3-4H,2H2,1H3,(H,8,9);4*1-2H3. The van der Waals surface area contributed by atoms with E-state index in [1.807, 2.05) is 127 Å². The molecule has 0 bridgehead atoms. The van der Waals surface area contributed by atoms with Gasteiger partial charge in [-0.3, -0.25) is 4.79 Å². The van der Waals surface area contributed by atoms with Crippen LogP contribution in [0.25, 0.3) is 0 Å². The SMILES string of the molecule is CC.CC.CC.CC.CCc1occc1C(=O)N(C)c1cccc(C)c1.CCc1occc1C(=O)O.CCc1occc1C(=O)OC.CNc1cccc(C)c1.COC(=O)c1ccoc1CBr. The number of amides is 1. The average Bonchev–Trinajstić information content (AvgIpc) is 4.24. The first kappa shape index (κ1) is 65.0. The number of aromatic carboxylic acids is 1. The third-order valence-corrected chi connectivity index (χ3v) is 8.85. The van der Waals surface area contributed by atoms with Crippen LogP contribution >= 0.6 is 15.9 Å². The number of furan rings is 4. The van der Waals surface area contributed by atoms with Crippen LogP contribution < -0.4 is 10.2 Å². The Hall–Kier alpha value is -6.28. The summed E-state index contributed by atoms with van der Waals surface area (Å²) in [4.78, 5) is 46.3. The third kappa shape index (κ3) is 23.7. The molecule has 0 saturated heterocycles. The van der Waals surface area contributed by atoms with Gasteiger partial charge < -0.3 is 42.5 Å². The van der Waals surface area contributed by atoms with E-state index in [4.69, 9.17) is 22.8 Å². The number of rotatable bonds is 10. The van der Waals surface area contributed by atoms with Crippen LogP contribution in [0.5, 0.6) is 0 Å². The highest BCUT2D eigenvalue weighted by atomic mass is 79.9. The molecular formula is C53H77BrN2O11. The second-order valence-electron chi connectivity index (χ2n) is 12.3. The molecule has 4 aromatic heterocycles. The van der Waals surface area contributed by atoms with Crippen molar-refractivity contribution in [2.24, 2.45) is 0 Å². The summed E-state index contributed by atoms with van der Waals surface area (Å²) in [5.74, 6) is 0.876. The monoisotopic (exact) mass is 996 g/mol. The number of anilines is 2. The fraction of sp³-hybridized carbons (Fsp3) is 0.396. The van der Waals surface area contributed by atoms with Crippen molar-refractivity contribution in [2.45, 2.75) is 115 Å². The summed E-state index contributed by atoms with van der Waals surface area (Å²) >= 11 is 3.18. The number of esters is 2. The highest BCUT2D eigenvalue weighted by molar-refractivity contribution is 9.08. The van der Waals surface area contributed by atoms with E-state index < -0.39 is 5.97 Å². The summed E-state index contributed by atoms with van der Waals surface area (Å²) in [6.45, 7) is 25.8. The van der Waals surface area contributed by atoms with E-state index in [2.05, 4.69) is 49.8 Å². The van der Waals surface area contributed by atoms with E-state index in [9.17, 15) is 19.2 Å². The number of benzene rings is 2. The Morgan fingerprint density at radius 3 is 1.31 bits per heavy atom. The van der Waals surface area contributed by atoms with Crippen molar-refractivity contribution in [1.82, 2.24) is 0 Å². The van der Waals surface area contributed by atoms with E-state index in [-0.39, 0.29) is 23.4 Å². The zero-order chi connectivity index (χ0) is 51.9. The lowest BCUT2D eigenvalue weighted by Gasteiger charge is -2.17. The van der Waals surface area contributed by atoms with E-state index in [1.165, 1.54) is 50.3 Å². The number of methoxy groups -OCH3 is 2. The Morgan fingerprint density at radius 2 is 0.955 bits per heavy atom. The first-order valence-corrected chi connectivity index (χ1v) is 23.7. The molecule has 2 N–H and O–H groups in total. The van der Waals surface area contributed by atoms with Crippen LogP contribution in [0, 0.1) is 13.8 Å². The van der Waals surface area contributed by atoms with Crippen molar-refractivity contribution in [3.05, 3.63) is 154 Å². The molecule has 1 amide bonds. The summed E-state index contributed by atoms with van der Waals surface area (Å²) in [5, 5.41) is 12.1. The van der Waals surface area contributed by atoms with Gasteiger partial charge in [0.05, 0.1) is 50.2 Å². The summed E-state index contributed by atoms with van der Waals surface area (Å²) in [7, 11) is 6.40. The predicted octanol–water partition coefficient (Wildman–Crippen LogP) is 14.7. The molecule has 0 aliphatic carbocycles. The molecule has 372 valence electrons. The molecule has 0 atom stereocenters. The van der Waals surface area contributed by atoms with E-state index in [1.54, 1.807) is 36.4 Å². The molecule has 0 spiro atoms. The van der Waals surface area contributed by atoms with Gasteiger partial charge in [-0.1, -0.05) is 116 Å². The number of aryl methyl sites for hydroxylation is 5. The van der Waals surface area contributed by atoms with Crippen molar-refractivity contribution >= 4 is 51.1 Å². The van der Waals surface area contributed by atoms with E-state index in [0.29, 0.717) is 52.1 Å². The molecule has 0 fully saturated rings. The molecule has 2 aromatic carbocycles. The van der Waals surface area contributed by atoms with Crippen molar-refractivity contribution in [1.29, 1.82) is 0 Å². The lowest BCUT2D eigenvalue weighted by molar-refractivity contribution is 0.0589. The molecule has 14 heteroatoms. The van der Waals surface area contributed by atoms with Gasteiger partial charge in [-0.15, -0.1) is 0 Å². The van der Waals surface area contributed by atoms with Crippen LogP contribution in [-0.4, -0.2) is 57.2 Å². The van der Waals surface area contributed by atoms with Gasteiger partial charge in [-0.25, -0.2) is 14.4 Å². The number of nitrogens with one attached hydrogen (secondary N) is 1. The van der Waals surface area contributed by atoms with Crippen LogP contribution in [0.1, 0.15) is 152 Å². The maximum Gasteiger partial charge on any atom is 0.341 e. The highest BCUT2D eigenvalue weighted by Crippen LogP contribution is 2.20. The molecule has 0 saturated carbocycles. The normalized spacial score (nSPS) is 8.99. The number of carboxylic acids is 1. The third-order valence-electron chi connectivity index (χ3n) is 8.34. The number of halogens is 1. The molecule has 0 radical (unpaired) electrons. The minimum atomic E-state index is -0.925. The molecule has 0 aliphatic heterocycles. The van der Waals surface area contributed by atoms with Crippen molar-refractivity contribution in [3.8, 4) is 0 Å². The van der Waals surface area contributed by atoms with Crippen LogP contribution in [0.4, 0.5) is 11.4 Å². The second kappa shape index (κ2) is 40.0. The fourth-order valence-electron chi connectivity index (χ4n) is 5.19. The molecule has 13 nitrogen and oxygen atoms in total. The minimum Gasteiger partial charge on any atom is -0.478 e. The predicted molar refractivity (Wildman–Crippen MR) is 275 cm³/mol. The van der Waals surface area contributed by atoms with Crippen LogP contribution in [0.2, 0.25) is 0 Å². The number of carbonyl (C=O) groups excluding carboxylic acids is 3. The number of carboxylic acid groups (broad SMARTS) is 1. The van der Waals surface area contributed by atoms with Gasteiger partial charge in [-0.05, 0) is 73.5 Å². The molecular weight excluding hydrogens is 920 g/mol. The molecule has 6 rings (SSSR count). The maximum absolute atomic E-state index is 12.4. The Balaban J connectivity index is -0.000000751. The maximum atomic E-state index is 12.4. The van der Waals surface area contributed by atoms with Gasteiger partial charge in [0.2, 0.25) is 0 Å². The Morgan fingerprint density at radius 1 is 0.582 bits per heavy atom. The van der Waals surface area contributed by atoms with E-state index in [0.717, 1.165) is 23.4 Å². The average molecular weight is 998 g/mol. The summed E-state index contributed by atoms with van der Waals surface area (Å²) in [5.41, 5.74) is 6.40. The number of nitrogens with zero attached hydrogens (tertiary/aromatic N) is 1. The highest BCUT2D eigenvalue weighted by Gasteiger charge is 2.19. The number of hydrogen-bond acceptors (Lipinski definition) is 11. The molecule has 4 heterocycles. The number of alkyl halides is 1. The Kier molecular flexibility index (Phi) is 38.8. The molecule has 6 aromatic rings. The van der Waals surface area contributed by atoms with Gasteiger partial charge in [-0.2, -0.15) is 0 Å². The summed E-state index contributed by atoms with van der Waals surface area (Å²) in [6.07, 6.45) is 7.95. The molecule has 67 heavy (non-hydrogen) atoms. The lowest BCUT2D eigenvalue weighted by atomic mass is 10.1. The first-order chi connectivity index (χ1) is 32.3. The largest absolute Gasteiger partial charge is 0.478 e. The number of hydrogen-bond donors (Lipinski definition) is 2. The topological polar surface area (TPSA) is 175 Å². The Labute approximate surface area is 408 Å². The van der Waals surface area contributed by atoms with Crippen molar-refractivity contribution < 1.29 is 51.4 Å². The zero-order valence-electron chi connectivity index (χ0n) is 42.9.